The first-order valence-corrected chi connectivity index (χ1v) is 10.6. The van der Waals surface area contributed by atoms with Crippen molar-refractivity contribution in [1.82, 2.24) is 10.3 Å². The van der Waals surface area contributed by atoms with Crippen molar-refractivity contribution in [1.29, 1.82) is 0 Å². The van der Waals surface area contributed by atoms with Crippen molar-refractivity contribution >= 4 is 23.1 Å². The van der Waals surface area contributed by atoms with E-state index in [1.807, 2.05) is 54.6 Å². The van der Waals surface area contributed by atoms with Crippen molar-refractivity contribution in [2.75, 3.05) is 13.2 Å². The van der Waals surface area contributed by atoms with E-state index in [4.69, 9.17) is 4.74 Å². The minimum absolute atomic E-state index is 0.0224. The van der Waals surface area contributed by atoms with Gasteiger partial charge >= 0.3 is 6.09 Å². The number of benzene rings is 3. The summed E-state index contributed by atoms with van der Waals surface area (Å²) in [5.74, 6) is 0.0411. The van der Waals surface area contributed by atoms with Crippen LogP contribution in [0, 0.1) is 0 Å². The molecule has 4 aromatic rings. The number of hydrogen-bond donors (Lipinski definition) is 2. The number of alkyl carbamates (subject to hydrolysis) is 1. The van der Waals surface area contributed by atoms with Crippen LogP contribution in [0.15, 0.2) is 89.9 Å². The van der Waals surface area contributed by atoms with E-state index >= 15 is 0 Å². The number of fused-ring (bicyclic) bond motifs is 4. The smallest absolute Gasteiger partial charge is 0.407 e. The zero-order valence-corrected chi connectivity index (χ0v) is 17.4. The Bertz CT molecular complexity index is 1340. The summed E-state index contributed by atoms with van der Waals surface area (Å²) in [5.41, 5.74) is 6.45. The van der Waals surface area contributed by atoms with Crippen LogP contribution >= 0.6 is 0 Å². The monoisotopic (exact) mass is 422 g/mol. The summed E-state index contributed by atoms with van der Waals surface area (Å²) in [6, 6.07) is 23.6. The first-order valence-electron chi connectivity index (χ1n) is 10.6. The molecule has 0 bridgehead atoms. The Morgan fingerprint density at radius 1 is 0.969 bits per heavy atom. The Morgan fingerprint density at radius 3 is 2.44 bits per heavy atom. The molecule has 3 aromatic carbocycles. The number of H-pyrrole nitrogens is 1. The predicted molar refractivity (Wildman–Crippen MR) is 127 cm³/mol. The van der Waals surface area contributed by atoms with Crippen LogP contribution in [0.2, 0.25) is 0 Å². The van der Waals surface area contributed by atoms with Gasteiger partial charge in [-0.1, -0.05) is 66.7 Å². The fraction of sp³-hybridized carbons (Fsp3) is 0.111. The molecule has 2 N–H and O–H groups in total. The first-order chi connectivity index (χ1) is 15.7. The number of carbonyl (C=O) groups excluding carboxylic acids is 1. The van der Waals surface area contributed by atoms with Gasteiger partial charge in [0.25, 0.3) is 0 Å². The SMILES string of the molecule is O=C(NCC=Cc1ccc2[nH]ccc(=O)c2c1)OCC1c2ccccc2-c2ccccc21. The molecule has 5 nitrogen and oxygen atoms in total. The Labute approximate surface area is 185 Å². The van der Waals surface area contributed by atoms with Gasteiger partial charge in [0.2, 0.25) is 0 Å². The van der Waals surface area contributed by atoms with Crippen LogP contribution in [0.1, 0.15) is 22.6 Å². The highest BCUT2D eigenvalue weighted by Crippen LogP contribution is 2.44. The molecular formula is C27H22N2O3. The van der Waals surface area contributed by atoms with Crippen LogP contribution in [0.25, 0.3) is 28.1 Å². The average molecular weight is 422 g/mol. The molecule has 0 aliphatic heterocycles. The highest BCUT2D eigenvalue weighted by Gasteiger charge is 2.28. The molecule has 0 radical (unpaired) electrons. The number of pyridine rings is 1. The van der Waals surface area contributed by atoms with Gasteiger partial charge in [-0.3, -0.25) is 4.79 Å². The van der Waals surface area contributed by atoms with Gasteiger partial charge in [-0.25, -0.2) is 4.79 Å². The van der Waals surface area contributed by atoms with E-state index in [2.05, 4.69) is 34.6 Å². The van der Waals surface area contributed by atoms with Crippen LogP contribution in [-0.4, -0.2) is 24.2 Å². The van der Waals surface area contributed by atoms with E-state index in [9.17, 15) is 9.59 Å². The summed E-state index contributed by atoms with van der Waals surface area (Å²) in [6.07, 6.45) is 4.89. The third kappa shape index (κ3) is 3.81. The Hall–Kier alpha value is -4.12. The summed E-state index contributed by atoms with van der Waals surface area (Å²) >= 11 is 0. The molecule has 5 heteroatoms. The Balaban J connectivity index is 1.19. The number of aromatic nitrogens is 1. The molecular weight excluding hydrogens is 400 g/mol. The average Bonchev–Trinajstić information content (AvgIpc) is 3.15. The fourth-order valence-electron chi connectivity index (χ4n) is 4.28. The maximum absolute atomic E-state index is 12.2. The lowest BCUT2D eigenvalue weighted by Crippen LogP contribution is -2.26. The molecule has 32 heavy (non-hydrogen) atoms. The third-order valence-electron chi connectivity index (χ3n) is 5.80. The lowest BCUT2D eigenvalue weighted by Gasteiger charge is -2.14. The first kappa shape index (κ1) is 19.8. The van der Waals surface area contributed by atoms with Crippen LogP contribution in [-0.2, 0) is 4.74 Å². The number of carbonyl (C=O) groups is 1. The van der Waals surface area contributed by atoms with E-state index in [1.54, 1.807) is 6.20 Å². The number of amides is 1. The zero-order chi connectivity index (χ0) is 21.9. The normalized spacial score (nSPS) is 12.6. The number of ether oxygens (including phenoxy) is 1. The molecule has 1 aromatic heterocycles. The van der Waals surface area contributed by atoms with Crippen molar-refractivity contribution in [3.63, 3.8) is 0 Å². The zero-order valence-electron chi connectivity index (χ0n) is 17.4. The van der Waals surface area contributed by atoms with Crippen LogP contribution < -0.4 is 10.7 Å². The summed E-state index contributed by atoms with van der Waals surface area (Å²) in [7, 11) is 0. The standard InChI is InChI=1S/C27H22N2O3/c30-26-13-15-28-25-12-11-18(16-23(25)26)6-5-14-29-27(31)32-17-24-21-9-3-1-7-19(21)20-8-2-4-10-22(20)24/h1-13,15-16,24H,14,17H2,(H,28,30)(H,29,31). The van der Waals surface area contributed by atoms with E-state index < -0.39 is 6.09 Å². The van der Waals surface area contributed by atoms with Gasteiger partial charge in [-0.15, -0.1) is 0 Å². The minimum Gasteiger partial charge on any atom is -0.449 e. The number of hydrogen-bond acceptors (Lipinski definition) is 3. The number of aromatic amines is 1. The van der Waals surface area contributed by atoms with Crippen molar-refractivity contribution in [3.8, 4) is 11.1 Å². The lowest BCUT2D eigenvalue weighted by atomic mass is 9.98. The summed E-state index contributed by atoms with van der Waals surface area (Å²) in [4.78, 5) is 27.3. The second-order valence-corrected chi connectivity index (χ2v) is 7.76. The van der Waals surface area contributed by atoms with Crippen molar-refractivity contribution in [2.24, 2.45) is 0 Å². The molecule has 0 unspecified atom stereocenters. The van der Waals surface area contributed by atoms with Crippen LogP contribution in [0.4, 0.5) is 4.79 Å². The van der Waals surface area contributed by atoms with E-state index in [1.165, 1.54) is 28.3 Å². The molecule has 1 aliphatic rings. The number of nitrogens with one attached hydrogen (secondary N) is 2. The maximum Gasteiger partial charge on any atom is 0.407 e. The van der Waals surface area contributed by atoms with Gasteiger partial charge in [0.1, 0.15) is 6.61 Å². The molecule has 1 amide bonds. The van der Waals surface area contributed by atoms with Gasteiger partial charge < -0.3 is 15.0 Å². The molecule has 0 atom stereocenters. The Kier molecular flexibility index (Phi) is 5.30. The van der Waals surface area contributed by atoms with Crippen LogP contribution in [0.5, 0.6) is 0 Å². The predicted octanol–water partition coefficient (Wildman–Crippen LogP) is 5.08. The van der Waals surface area contributed by atoms with Gasteiger partial charge in [-0.2, -0.15) is 0 Å². The quantitative estimate of drug-likeness (QED) is 0.471. The maximum atomic E-state index is 12.2. The third-order valence-corrected chi connectivity index (χ3v) is 5.80. The molecule has 158 valence electrons. The van der Waals surface area contributed by atoms with Gasteiger partial charge in [0.15, 0.2) is 5.43 Å². The minimum atomic E-state index is -0.452. The van der Waals surface area contributed by atoms with Crippen LogP contribution in [0.3, 0.4) is 0 Å². The molecule has 0 saturated carbocycles. The van der Waals surface area contributed by atoms with Gasteiger partial charge in [0.05, 0.1) is 0 Å². The largest absolute Gasteiger partial charge is 0.449 e. The highest BCUT2D eigenvalue weighted by atomic mass is 16.5. The Morgan fingerprint density at radius 2 is 1.69 bits per heavy atom. The summed E-state index contributed by atoms with van der Waals surface area (Å²) < 4.78 is 5.54. The molecule has 1 heterocycles. The van der Waals surface area contributed by atoms with Crippen molar-refractivity contribution in [2.45, 2.75) is 5.92 Å². The van der Waals surface area contributed by atoms with E-state index in [0.717, 1.165) is 11.1 Å². The molecule has 0 spiro atoms. The van der Waals surface area contributed by atoms with Gasteiger partial charge in [-0.05, 0) is 39.9 Å². The molecule has 5 rings (SSSR count). The summed E-state index contributed by atoms with van der Waals surface area (Å²) in [6.45, 7) is 0.622. The highest BCUT2D eigenvalue weighted by molar-refractivity contribution is 5.81. The summed E-state index contributed by atoms with van der Waals surface area (Å²) in [5, 5.41) is 3.40. The van der Waals surface area contributed by atoms with E-state index in [-0.39, 0.29) is 18.0 Å². The molecule has 1 aliphatic carbocycles. The lowest BCUT2D eigenvalue weighted by molar-refractivity contribution is 0.144. The van der Waals surface area contributed by atoms with Crippen molar-refractivity contribution < 1.29 is 9.53 Å². The van der Waals surface area contributed by atoms with Gasteiger partial charge in [0, 0.05) is 35.6 Å². The molecule has 0 fully saturated rings. The fourth-order valence-corrected chi connectivity index (χ4v) is 4.28. The number of rotatable bonds is 5. The topological polar surface area (TPSA) is 71.2 Å². The van der Waals surface area contributed by atoms with Crippen molar-refractivity contribution in [3.05, 3.63) is 112 Å². The van der Waals surface area contributed by atoms with E-state index in [0.29, 0.717) is 11.9 Å². The second-order valence-electron chi connectivity index (χ2n) is 7.76. The molecule has 0 saturated heterocycles. The second kappa shape index (κ2) is 8.55.